The highest BCUT2D eigenvalue weighted by atomic mass is 16.7. The number of esters is 1. The molecule has 0 aromatic heterocycles. The second-order valence-corrected chi connectivity index (χ2v) is 5.67. The summed E-state index contributed by atoms with van der Waals surface area (Å²) in [5, 5.41) is 0. The van der Waals surface area contributed by atoms with E-state index in [1.54, 1.807) is 13.2 Å². The Labute approximate surface area is 137 Å². The van der Waals surface area contributed by atoms with Crippen LogP contribution >= 0.6 is 0 Å². The Morgan fingerprint density at radius 3 is 2.65 bits per heavy atom. The van der Waals surface area contributed by atoms with Crippen molar-refractivity contribution < 1.29 is 23.7 Å². The molecule has 23 heavy (non-hydrogen) atoms. The minimum Gasteiger partial charge on any atom is -0.497 e. The van der Waals surface area contributed by atoms with Crippen molar-refractivity contribution in [2.75, 3.05) is 20.8 Å². The number of allylic oxidation sites excluding steroid dienone is 1. The molecule has 1 heterocycles. The van der Waals surface area contributed by atoms with Crippen LogP contribution in [0.5, 0.6) is 5.75 Å². The smallest absolute Gasteiger partial charge is 0.311 e. The van der Waals surface area contributed by atoms with E-state index in [4.69, 9.17) is 18.9 Å². The summed E-state index contributed by atoms with van der Waals surface area (Å²) in [7, 11) is 3.01. The van der Waals surface area contributed by atoms with Gasteiger partial charge in [-0.25, -0.2) is 0 Å². The van der Waals surface area contributed by atoms with Gasteiger partial charge >= 0.3 is 5.97 Å². The largest absolute Gasteiger partial charge is 0.497 e. The molecule has 0 bridgehead atoms. The average molecular weight is 320 g/mol. The summed E-state index contributed by atoms with van der Waals surface area (Å²) < 4.78 is 21.9. The highest BCUT2D eigenvalue weighted by Crippen LogP contribution is 2.34. The molecular formula is C18H24O5. The third-order valence-corrected chi connectivity index (χ3v) is 4.06. The second kappa shape index (κ2) is 8.13. The highest BCUT2D eigenvalue weighted by Gasteiger charge is 2.39. The van der Waals surface area contributed by atoms with Crippen LogP contribution in [0.4, 0.5) is 0 Å². The fourth-order valence-electron chi connectivity index (χ4n) is 2.77. The van der Waals surface area contributed by atoms with Gasteiger partial charge in [-0.15, -0.1) is 6.58 Å². The van der Waals surface area contributed by atoms with Gasteiger partial charge in [0, 0.05) is 11.5 Å². The fraction of sp³-hybridized carbons (Fsp3) is 0.500. The summed E-state index contributed by atoms with van der Waals surface area (Å²) in [6.07, 6.45) is 1.45. The average Bonchev–Trinajstić information content (AvgIpc) is 2.60. The minimum atomic E-state index is -0.501. The summed E-state index contributed by atoms with van der Waals surface area (Å²) >= 11 is 0. The van der Waals surface area contributed by atoms with Crippen LogP contribution in [0.3, 0.4) is 0 Å². The van der Waals surface area contributed by atoms with Gasteiger partial charge in [-0.3, -0.25) is 4.79 Å². The molecule has 1 saturated heterocycles. The van der Waals surface area contributed by atoms with Crippen LogP contribution in [0.2, 0.25) is 0 Å². The molecule has 0 saturated carbocycles. The van der Waals surface area contributed by atoms with Gasteiger partial charge in [0.2, 0.25) is 0 Å². The molecular weight excluding hydrogens is 296 g/mol. The van der Waals surface area contributed by atoms with Crippen molar-refractivity contribution in [3.63, 3.8) is 0 Å². The molecule has 1 aromatic rings. The van der Waals surface area contributed by atoms with E-state index in [2.05, 4.69) is 6.58 Å². The number of carbonyl (C=O) groups is 1. The van der Waals surface area contributed by atoms with E-state index >= 15 is 0 Å². The molecule has 5 nitrogen and oxygen atoms in total. The molecule has 0 aliphatic carbocycles. The standard InChI is InChI=1S/C18H24O5/c1-5-6-15(17(19)21-4)16-12(2)11-22-18(23-16)13-7-9-14(20-3)10-8-13/h5,7-10,12,15-16,18H,1,6,11H2,2-4H3/t12-,15-,16+,18?/m0/s1. The topological polar surface area (TPSA) is 54.0 Å². The zero-order valence-electron chi connectivity index (χ0n) is 13.9. The van der Waals surface area contributed by atoms with E-state index in [-0.39, 0.29) is 23.9 Å². The van der Waals surface area contributed by atoms with Crippen molar-refractivity contribution in [1.29, 1.82) is 0 Å². The highest BCUT2D eigenvalue weighted by molar-refractivity contribution is 5.73. The molecule has 126 valence electrons. The molecule has 0 spiro atoms. The Bertz CT molecular complexity index is 525. The number of hydrogen-bond donors (Lipinski definition) is 0. The van der Waals surface area contributed by atoms with Crippen LogP contribution in [0.1, 0.15) is 25.2 Å². The molecule has 1 aliphatic rings. The van der Waals surface area contributed by atoms with Crippen molar-refractivity contribution in [2.45, 2.75) is 25.7 Å². The first-order valence-electron chi connectivity index (χ1n) is 7.70. The van der Waals surface area contributed by atoms with Crippen molar-refractivity contribution >= 4 is 5.97 Å². The second-order valence-electron chi connectivity index (χ2n) is 5.67. The molecule has 0 radical (unpaired) electrons. The first-order chi connectivity index (χ1) is 11.1. The fourth-order valence-corrected chi connectivity index (χ4v) is 2.77. The van der Waals surface area contributed by atoms with Gasteiger partial charge in [0.25, 0.3) is 0 Å². The maximum Gasteiger partial charge on any atom is 0.311 e. The summed E-state index contributed by atoms with van der Waals surface area (Å²) in [4.78, 5) is 12.1. The molecule has 5 heteroatoms. The Morgan fingerprint density at radius 1 is 1.39 bits per heavy atom. The van der Waals surface area contributed by atoms with Crippen LogP contribution in [0, 0.1) is 11.8 Å². The normalized spacial score (nSPS) is 25.4. The van der Waals surface area contributed by atoms with E-state index in [1.165, 1.54) is 7.11 Å². The van der Waals surface area contributed by atoms with Gasteiger partial charge in [-0.05, 0) is 18.6 Å². The SMILES string of the molecule is C=CC[C@H](C(=O)OC)[C@@H]1OC(c2ccc(OC)cc2)OC[C@@H]1C. The predicted octanol–water partition coefficient (Wildman–Crippen LogP) is 3.11. The summed E-state index contributed by atoms with van der Waals surface area (Å²) in [5.41, 5.74) is 0.893. The van der Waals surface area contributed by atoms with Gasteiger partial charge in [0.15, 0.2) is 6.29 Å². The van der Waals surface area contributed by atoms with Gasteiger partial charge in [-0.2, -0.15) is 0 Å². The maximum atomic E-state index is 12.1. The van der Waals surface area contributed by atoms with Crippen LogP contribution in [0.15, 0.2) is 36.9 Å². The zero-order valence-corrected chi connectivity index (χ0v) is 13.9. The summed E-state index contributed by atoms with van der Waals surface area (Å²) in [6.45, 7) is 6.25. The minimum absolute atomic E-state index is 0.0912. The number of ether oxygens (including phenoxy) is 4. The van der Waals surface area contributed by atoms with Crippen molar-refractivity contribution in [2.24, 2.45) is 11.8 Å². The molecule has 1 fully saturated rings. The van der Waals surface area contributed by atoms with Gasteiger partial charge in [0.1, 0.15) is 5.75 Å². The third-order valence-electron chi connectivity index (χ3n) is 4.06. The van der Waals surface area contributed by atoms with Crippen LogP contribution in [-0.4, -0.2) is 32.9 Å². The lowest BCUT2D eigenvalue weighted by molar-refractivity contribution is -0.251. The van der Waals surface area contributed by atoms with Crippen molar-refractivity contribution in [1.82, 2.24) is 0 Å². The van der Waals surface area contributed by atoms with Gasteiger partial charge in [0.05, 0.1) is 32.8 Å². The van der Waals surface area contributed by atoms with E-state index in [1.807, 2.05) is 31.2 Å². The molecule has 0 N–H and O–H groups in total. The molecule has 0 amide bonds. The Kier molecular flexibility index (Phi) is 6.19. The molecule has 1 aliphatic heterocycles. The quantitative estimate of drug-likeness (QED) is 0.595. The van der Waals surface area contributed by atoms with E-state index in [0.717, 1.165) is 11.3 Å². The van der Waals surface area contributed by atoms with E-state index in [0.29, 0.717) is 13.0 Å². The summed E-state index contributed by atoms with van der Waals surface area (Å²) in [6, 6.07) is 7.52. The molecule has 1 unspecified atom stereocenters. The maximum absolute atomic E-state index is 12.1. The Balaban J connectivity index is 2.16. The summed E-state index contributed by atoms with van der Waals surface area (Å²) in [5.74, 6) is 0.205. The number of benzene rings is 1. The van der Waals surface area contributed by atoms with Crippen LogP contribution in [0.25, 0.3) is 0 Å². The first kappa shape index (κ1) is 17.5. The number of hydrogen-bond acceptors (Lipinski definition) is 5. The lowest BCUT2D eigenvalue weighted by Crippen LogP contribution is -2.43. The molecule has 4 atom stereocenters. The van der Waals surface area contributed by atoms with Gasteiger partial charge < -0.3 is 18.9 Å². The van der Waals surface area contributed by atoms with Crippen molar-refractivity contribution in [3.05, 3.63) is 42.5 Å². The molecule has 2 rings (SSSR count). The Hall–Kier alpha value is -1.85. The molecule has 1 aromatic carbocycles. The van der Waals surface area contributed by atoms with E-state index < -0.39 is 6.29 Å². The van der Waals surface area contributed by atoms with Gasteiger partial charge in [-0.1, -0.05) is 25.1 Å². The van der Waals surface area contributed by atoms with Crippen LogP contribution in [-0.2, 0) is 19.0 Å². The lowest BCUT2D eigenvalue weighted by atomic mass is 9.89. The van der Waals surface area contributed by atoms with E-state index in [9.17, 15) is 4.79 Å². The lowest BCUT2D eigenvalue weighted by Gasteiger charge is -2.38. The monoisotopic (exact) mass is 320 g/mol. The number of methoxy groups -OCH3 is 2. The third kappa shape index (κ3) is 4.12. The number of carbonyl (C=O) groups excluding carboxylic acids is 1. The van der Waals surface area contributed by atoms with Crippen molar-refractivity contribution in [3.8, 4) is 5.75 Å². The first-order valence-corrected chi connectivity index (χ1v) is 7.70. The number of rotatable bonds is 6. The zero-order chi connectivity index (χ0) is 16.8. The Morgan fingerprint density at radius 2 is 2.09 bits per heavy atom. The predicted molar refractivity (Wildman–Crippen MR) is 86.0 cm³/mol. The van der Waals surface area contributed by atoms with Crippen LogP contribution < -0.4 is 4.74 Å².